The van der Waals surface area contributed by atoms with Crippen LogP contribution in [0, 0.1) is 0 Å². The molecule has 52 heavy (non-hydrogen) atoms. The second-order valence-electron chi connectivity index (χ2n) is 13.9. The Morgan fingerprint density at radius 3 is 1.62 bits per heavy atom. The van der Waals surface area contributed by atoms with Crippen LogP contribution in [0.1, 0.15) is 29.5 Å². The maximum atomic E-state index is 2.40. The lowest BCUT2D eigenvalue weighted by Gasteiger charge is -2.19. The highest BCUT2D eigenvalue weighted by molar-refractivity contribution is 6.25. The number of benzene rings is 9. The fraction of sp³-hybridized carbons (Fsp3) is 0.0385. The summed E-state index contributed by atoms with van der Waals surface area (Å²) < 4.78 is 0. The monoisotopic (exact) mass is 660 g/mol. The van der Waals surface area contributed by atoms with Gasteiger partial charge in [0, 0.05) is 0 Å². The summed E-state index contributed by atoms with van der Waals surface area (Å²) in [5.74, 6) is 0. The lowest BCUT2D eigenvalue weighted by Crippen LogP contribution is -1.92. The van der Waals surface area contributed by atoms with Crippen molar-refractivity contribution >= 4 is 71.6 Å². The standard InChI is InChI=1S/C52H36/c1-2-14-36(15-3-1)42-33-32-37(40-17-6-7-19-43(40)42)29-26-35-27-30-38(31-28-35)51-46-22-10-12-24-48(46)52(49-25-13-11-23-47(49)51)50-34-39-16-4-5-18-41(39)44-20-8-9-21-45(44)50/h1-2,4-14,16-34H,3,15H2. The van der Waals surface area contributed by atoms with Crippen LogP contribution in [0.15, 0.2) is 182 Å². The Labute approximate surface area is 304 Å². The molecular weight excluding hydrogens is 625 g/mol. The first-order chi connectivity index (χ1) is 25.8. The molecule has 0 unspecified atom stereocenters. The summed E-state index contributed by atoms with van der Waals surface area (Å²) in [7, 11) is 0. The molecular formula is C52H36. The third kappa shape index (κ3) is 5.07. The minimum atomic E-state index is 1.09. The van der Waals surface area contributed by atoms with Gasteiger partial charge in [0.1, 0.15) is 0 Å². The molecule has 0 saturated heterocycles. The van der Waals surface area contributed by atoms with Crippen LogP contribution in [0.25, 0.3) is 93.8 Å². The highest BCUT2D eigenvalue weighted by Gasteiger charge is 2.19. The first-order valence-corrected chi connectivity index (χ1v) is 18.3. The molecule has 0 atom stereocenters. The number of allylic oxidation sites excluding steroid dienone is 4. The third-order valence-electron chi connectivity index (χ3n) is 10.9. The van der Waals surface area contributed by atoms with Crippen LogP contribution in [-0.4, -0.2) is 0 Å². The van der Waals surface area contributed by atoms with Gasteiger partial charge >= 0.3 is 0 Å². The van der Waals surface area contributed by atoms with E-state index in [0.717, 1.165) is 12.8 Å². The zero-order valence-corrected chi connectivity index (χ0v) is 28.9. The van der Waals surface area contributed by atoms with E-state index in [1.165, 1.54) is 98.4 Å². The van der Waals surface area contributed by atoms with Crippen molar-refractivity contribution in [1.29, 1.82) is 0 Å². The van der Waals surface area contributed by atoms with E-state index in [-0.39, 0.29) is 0 Å². The van der Waals surface area contributed by atoms with Gasteiger partial charge in [-0.3, -0.25) is 0 Å². The molecule has 0 aliphatic heterocycles. The second kappa shape index (κ2) is 12.7. The molecule has 0 N–H and O–H groups in total. The predicted octanol–water partition coefficient (Wildman–Crippen LogP) is 14.7. The molecule has 0 fully saturated rings. The van der Waals surface area contributed by atoms with Crippen molar-refractivity contribution < 1.29 is 0 Å². The molecule has 0 saturated carbocycles. The zero-order chi connectivity index (χ0) is 34.4. The van der Waals surface area contributed by atoms with Gasteiger partial charge in [-0.25, -0.2) is 0 Å². The quantitative estimate of drug-likeness (QED) is 0.0979. The normalized spacial score (nSPS) is 13.2. The summed E-state index contributed by atoms with van der Waals surface area (Å²) in [5.41, 5.74) is 10.3. The molecule has 0 radical (unpaired) electrons. The molecule has 0 heterocycles. The van der Waals surface area contributed by atoms with Crippen molar-refractivity contribution in [2.75, 3.05) is 0 Å². The third-order valence-corrected chi connectivity index (χ3v) is 10.9. The van der Waals surface area contributed by atoms with Gasteiger partial charge in [0.2, 0.25) is 0 Å². The Bertz CT molecular complexity index is 2880. The van der Waals surface area contributed by atoms with Crippen LogP contribution in [0.5, 0.6) is 0 Å². The highest BCUT2D eigenvalue weighted by Crippen LogP contribution is 2.46. The van der Waals surface area contributed by atoms with E-state index in [1.807, 2.05) is 0 Å². The molecule has 0 nitrogen and oxygen atoms in total. The first kappa shape index (κ1) is 30.3. The van der Waals surface area contributed by atoms with Gasteiger partial charge in [-0.1, -0.05) is 188 Å². The maximum Gasteiger partial charge on any atom is -0.00199 e. The van der Waals surface area contributed by atoms with Crippen LogP contribution < -0.4 is 0 Å². The topological polar surface area (TPSA) is 0 Å². The number of fused-ring (bicyclic) bond motifs is 6. The minimum Gasteiger partial charge on any atom is -0.0842 e. The molecule has 9 aromatic carbocycles. The van der Waals surface area contributed by atoms with E-state index in [9.17, 15) is 0 Å². The molecule has 0 amide bonds. The smallest absolute Gasteiger partial charge is 0.00199 e. The summed E-state index contributed by atoms with van der Waals surface area (Å²) in [6.07, 6.45) is 13.4. The Hall–Kier alpha value is -6.50. The summed E-state index contributed by atoms with van der Waals surface area (Å²) >= 11 is 0. The van der Waals surface area contributed by atoms with Crippen LogP contribution in [0.4, 0.5) is 0 Å². The van der Waals surface area contributed by atoms with Crippen LogP contribution in [0.3, 0.4) is 0 Å². The maximum absolute atomic E-state index is 2.40. The van der Waals surface area contributed by atoms with Crippen molar-refractivity contribution in [3.63, 3.8) is 0 Å². The Morgan fingerprint density at radius 2 is 0.962 bits per heavy atom. The Kier molecular flexibility index (Phi) is 7.40. The van der Waals surface area contributed by atoms with E-state index in [4.69, 9.17) is 0 Å². The fourth-order valence-electron chi connectivity index (χ4n) is 8.51. The molecule has 1 aliphatic rings. The largest absolute Gasteiger partial charge is 0.0842 e. The van der Waals surface area contributed by atoms with Crippen molar-refractivity contribution in [1.82, 2.24) is 0 Å². The molecule has 9 aromatic rings. The van der Waals surface area contributed by atoms with Gasteiger partial charge in [0.05, 0.1) is 0 Å². The van der Waals surface area contributed by atoms with Gasteiger partial charge in [-0.2, -0.15) is 0 Å². The van der Waals surface area contributed by atoms with Crippen LogP contribution >= 0.6 is 0 Å². The predicted molar refractivity (Wildman–Crippen MR) is 227 cm³/mol. The summed E-state index contributed by atoms with van der Waals surface area (Å²) in [6.45, 7) is 0. The van der Waals surface area contributed by atoms with Gasteiger partial charge in [0.15, 0.2) is 0 Å². The van der Waals surface area contributed by atoms with E-state index < -0.39 is 0 Å². The van der Waals surface area contributed by atoms with Crippen molar-refractivity contribution in [3.8, 4) is 22.3 Å². The molecule has 244 valence electrons. The van der Waals surface area contributed by atoms with E-state index in [0.29, 0.717) is 0 Å². The van der Waals surface area contributed by atoms with Crippen molar-refractivity contribution in [3.05, 3.63) is 199 Å². The molecule has 0 spiro atoms. The lowest BCUT2D eigenvalue weighted by atomic mass is 9.84. The first-order valence-electron chi connectivity index (χ1n) is 18.3. The molecule has 0 aromatic heterocycles. The minimum absolute atomic E-state index is 1.09. The van der Waals surface area contributed by atoms with Gasteiger partial charge in [-0.05, 0) is 117 Å². The number of hydrogen-bond donors (Lipinski definition) is 0. The van der Waals surface area contributed by atoms with E-state index in [2.05, 4.69) is 194 Å². The number of hydrogen-bond acceptors (Lipinski definition) is 0. The SMILES string of the molecule is C1=CCCC(c2ccc(C=Cc3ccc(-c4c5ccccc5c(-c5cc6ccccc6c6ccccc56)c5ccccc45)cc3)c3ccccc23)=C1. The highest BCUT2D eigenvalue weighted by atomic mass is 14.2. The lowest BCUT2D eigenvalue weighted by molar-refractivity contribution is 1.06. The van der Waals surface area contributed by atoms with Gasteiger partial charge < -0.3 is 0 Å². The van der Waals surface area contributed by atoms with Crippen molar-refractivity contribution in [2.24, 2.45) is 0 Å². The average molecular weight is 661 g/mol. The average Bonchev–Trinajstić information content (AvgIpc) is 3.22. The van der Waals surface area contributed by atoms with E-state index in [1.54, 1.807) is 0 Å². The fourth-order valence-corrected chi connectivity index (χ4v) is 8.51. The summed E-state index contributed by atoms with van der Waals surface area (Å²) in [4.78, 5) is 0. The second-order valence-corrected chi connectivity index (χ2v) is 13.9. The van der Waals surface area contributed by atoms with Gasteiger partial charge in [-0.15, -0.1) is 0 Å². The van der Waals surface area contributed by atoms with Crippen LogP contribution in [-0.2, 0) is 0 Å². The number of rotatable bonds is 5. The molecule has 10 rings (SSSR count). The zero-order valence-electron chi connectivity index (χ0n) is 28.9. The Balaban J connectivity index is 1.09. The van der Waals surface area contributed by atoms with Crippen LogP contribution in [0.2, 0.25) is 0 Å². The summed E-state index contributed by atoms with van der Waals surface area (Å²) in [6, 6.07) is 60.5. The Morgan fingerprint density at radius 1 is 0.404 bits per heavy atom. The van der Waals surface area contributed by atoms with E-state index >= 15 is 0 Å². The molecule has 1 aliphatic carbocycles. The van der Waals surface area contributed by atoms with Crippen molar-refractivity contribution in [2.45, 2.75) is 12.8 Å². The van der Waals surface area contributed by atoms with Gasteiger partial charge in [0.25, 0.3) is 0 Å². The summed E-state index contributed by atoms with van der Waals surface area (Å²) in [5, 5.41) is 12.8. The molecule has 0 bridgehead atoms. The molecule has 0 heteroatoms.